The van der Waals surface area contributed by atoms with Gasteiger partial charge in [0.15, 0.2) is 0 Å². The average molecular weight is 404 g/mol. The summed E-state index contributed by atoms with van der Waals surface area (Å²) in [6.07, 6.45) is 1.88. The van der Waals surface area contributed by atoms with E-state index in [1.54, 1.807) is 7.11 Å². The molecule has 1 atom stereocenters. The summed E-state index contributed by atoms with van der Waals surface area (Å²) in [5.41, 5.74) is 3.24. The van der Waals surface area contributed by atoms with E-state index in [-0.39, 0.29) is 6.04 Å². The van der Waals surface area contributed by atoms with Crippen molar-refractivity contribution in [3.05, 3.63) is 63.9 Å². The van der Waals surface area contributed by atoms with Crippen LogP contribution in [-0.2, 0) is 0 Å². The smallest absolute Gasteiger partial charge is 0.145 e. The molecular weight excluding hydrogens is 387 g/mol. The summed E-state index contributed by atoms with van der Waals surface area (Å²) in [5, 5.41) is 4.70. The Bertz CT molecular complexity index is 790. The van der Waals surface area contributed by atoms with E-state index in [9.17, 15) is 0 Å². The van der Waals surface area contributed by atoms with Gasteiger partial charge in [-0.3, -0.25) is 4.98 Å². The summed E-state index contributed by atoms with van der Waals surface area (Å²) in [5.74, 6) is 0.796. The molecule has 0 spiro atoms. The fourth-order valence-corrected chi connectivity index (χ4v) is 3.11. The first kappa shape index (κ1) is 15.1. The normalized spacial score (nSPS) is 12.1. The molecule has 0 aliphatic carbocycles. The lowest BCUT2D eigenvalue weighted by atomic mass is 10.1. The van der Waals surface area contributed by atoms with Gasteiger partial charge >= 0.3 is 0 Å². The number of hydrogen-bond acceptors (Lipinski definition) is 3. The summed E-state index contributed by atoms with van der Waals surface area (Å²) in [4.78, 5) is 4.52. The predicted octanol–water partition coefficient (Wildman–Crippen LogP) is 5.02. The van der Waals surface area contributed by atoms with Crippen molar-refractivity contribution >= 4 is 39.2 Å². The Kier molecular flexibility index (Phi) is 4.47. The molecule has 1 N–H and O–H groups in total. The summed E-state index contributed by atoms with van der Waals surface area (Å²) < 4.78 is 6.52. The number of hydrogen-bond donors (Lipinski definition) is 1. The maximum absolute atomic E-state index is 5.42. The number of para-hydroxylation sites is 1. The standard InChI is InChI=1S/C18H17IN2O/c1-12(13-7-4-3-5-8-13)21-17-14-9-6-10-16(22-2)18(14)20-11-15(17)19/h3-12H,1-2H3,(H,20,21). The highest BCUT2D eigenvalue weighted by Gasteiger charge is 2.13. The quantitative estimate of drug-likeness (QED) is 0.620. The van der Waals surface area contributed by atoms with Gasteiger partial charge in [-0.1, -0.05) is 42.5 Å². The lowest BCUT2D eigenvalue weighted by Gasteiger charge is -2.19. The van der Waals surface area contributed by atoms with E-state index in [0.717, 1.165) is 25.9 Å². The van der Waals surface area contributed by atoms with Gasteiger partial charge in [0, 0.05) is 17.6 Å². The molecule has 112 valence electrons. The Labute approximate surface area is 143 Å². The van der Waals surface area contributed by atoms with Crippen LogP contribution in [0, 0.1) is 3.57 Å². The van der Waals surface area contributed by atoms with Crippen LogP contribution < -0.4 is 10.1 Å². The van der Waals surface area contributed by atoms with Gasteiger partial charge in [-0.2, -0.15) is 0 Å². The number of halogens is 1. The minimum atomic E-state index is 0.214. The summed E-state index contributed by atoms with van der Waals surface area (Å²) in [7, 11) is 1.67. The van der Waals surface area contributed by atoms with E-state index in [0.29, 0.717) is 0 Å². The van der Waals surface area contributed by atoms with Gasteiger partial charge in [0.25, 0.3) is 0 Å². The van der Waals surface area contributed by atoms with Gasteiger partial charge < -0.3 is 10.1 Å². The van der Waals surface area contributed by atoms with E-state index in [2.05, 4.69) is 70.1 Å². The van der Waals surface area contributed by atoms with Crippen molar-refractivity contribution in [3.63, 3.8) is 0 Å². The first-order valence-electron chi connectivity index (χ1n) is 7.13. The molecule has 1 unspecified atom stereocenters. The fraction of sp³-hybridized carbons (Fsp3) is 0.167. The molecule has 0 aliphatic heterocycles. The van der Waals surface area contributed by atoms with Crippen molar-refractivity contribution < 1.29 is 4.74 Å². The predicted molar refractivity (Wildman–Crippen MR) is 99.5 cm³/mol. The van der Waals surface area contributed by atoms with Crippen molar-refractivity contribution in [1.29, 1.82) is 0 Å². The Hall–Kier alpha value is -1.82. The van der Waals surface area contributed by atoms with Crippen molar-refractivity contribution in [2.45, 2.75) is 13.0 Å². The highest BCUT2D eigenvalue weighted by Crippen LogP contribution is 2.34. The monoisotopic (exact) mass is 404 g/mol. The van der Waals surface area contributed by atoms with Crippen LogP contribution in [0.1, 0.15) is 18.5 Å². The number of fused-ring (bicyclic) bond motifs is 1. The molecule has 0 radical (unpaired) electrons. The van der Waals surface area contributed by atoms with Crippen LogP contribution in [0.15, 0.2) is 54.7 Å². The SMILES string of the molecule is COc1cccc2c(NC(C)c3ccccc3)c(I)cnc12. The molecule has 0 aliphatic rings. The highest BCUT2D eigenvalue weighted by molar-refractivity contribution is 14.1. The van der Waals surface area contributed by atoms with Crippen molar-refractivity contribution in [3.8, 4) is 5.75 Å². The number of anilines is 1. The first-order chi connectivity index (χ1) is 10.7. The van der Waals surface area contributed by atoms with Crippen LogP contribution in [0.5, 0.6) is 5.75 Å². The molecule has 0 bridgehead atoms. The number of nitrogens with zero attached hydrogens (tertiary/aromatic N) is 1. The Morgan fingerprint density at radius 2 is 1.86 bits per heavy atom. The number of ether oxygens (including phenoxy) is 1. The number of methoxy groups -OCH3 is 1. The molecule has 3 nitrogen and oxygen atoms in total. The fourth-order valence-electron chi connectivity index (χ4n) is 2.52. The second-order valence-electron chi connectivity index (χ2n) is 5.11. The number of benzene rings is 2. The van der Waals surface area contributed by atoms with Gasteiger partial charge in [-0.05, 0) is 41.1 Å². The van der Waals surface area contributed by atoms with Crippen LogP contribution in [0.25, 0.3) is 10.9 Å². The van der Waals surface area contributed by atoms with Crippen LogP contribution in [0.3, 0.4) is 0 Å². The Morgan fingerprint density at radius 3 is 2.59 bits per heavy atom. The first-order valence-corrected chi connectivity index (χ1v) is 8.21. The molecule has 22 heavy (non-hydrogen) atoms. The lowest BCUT2D eigenvalue weighted by Crippen LogP contribution is -2.08. The molecule has 1 heterocycles. The van der Waals surface area contributed by atoms with E-state index in [1.165, 1.54) is 5.56 Å². The van der Waals surface area contributed by atoms with Crippen molar-refractivity contribution in [2.75, 3.05) is 12.4 Å². The largest absolute Gasteiger partial charge is 0.494 e. The van der Waals surface area contributed by atoms with E-state index in [4.69, 9.17) is 4.74 Å². The van der Waals surface area contributed by atoms with Gasteiger partial charge in [-0.15, -0.1) is 0 Å². The van der Waals surface area contributed by atoms with Gasteiger partial charge in [0.1, 0.15) is 11.3 Å². The molecule has 0 saturated heterocycles. The van der Waals surface area contributed by atoms with Gasteiger partial charge in [0.2, 0.25) is 0 Å². The Balaban J connectivity index is 2.05. The molecule has 1 aromatic heterocycles. The number of nitrogens with one attached hydrogen (secondary N) is 1. The van der Waals surface area contributed by atoms with Crippen LogP contribution >= 0.6 is 22.6 Å². The minimum absolute atomic E-state index is 0.214. The topological polar surface area (TPSA) is 34.1 Å². The number of rotatable bonds is 4. The number of aromatic nitrogens is 1. The van der Waals surface area contributed by atoms with Crippen LogP contribution in [0.4, 0.5) is 5.69 Å². The molecule has 3 aromatic rings. The minimum Gasteiger partial charge on any atom is -0.494 e. The lowest BCUT2D eigenvalue weighted by molar-refractivity contribution is 0.419. The average Bonchev–Trinajstić information content (AvgIpc) is 2.57. The maximum atomic E-state index is 5.42. The van der Waals surface area contributed by atoms with E-state index in [1.807, 2.05) is 24.4 Å². The summed E-state index contributed by atoms with van der Waals surface area (Å²) in [6.45, 7) is 2.16. The third-order valence-corrected chi connectivity index (χ3v) is 4.51. The molecule has 2 aromatic carbocycles. The van der Waals surface area contributed by atoms with Crippen LogP contribution in [0.2, 0.25) is 0 Å². The molecule has 3 rings (SSSR count). The van der Waals surface area contributed by atoms with E-state index >= 15 is 0 Å². The zero-order chi connectivity index (χ0) is 15.5. The zero-order valence-corrected chi connectivity index (χ0v) is 14.7. The molecular formula is C18H17IN2O. The van der Waals surface area contributed by atoms with E-state index < -0.39 is 0 Å². The molecule has 4 heteroatoms. The Morgan fingerprint density at radius 1 is 1.09 bits per heavy atom. The summed E-state index contributed by atoms with van der Waals surface area (Å²) >= 11 is 2.32. The second kappa shape index (κ2) is 6.52. The van der Waals surface area contributed by atoms with Crippen LogP contribution in [-0.4, -0.2) is 12.1 Å². The third kappa shape index (κ3) is 2.88. The number of pyridine rings is 1. The third-order valence-electron chi connectivity index (χ3n) is 3.69. The highest BCUT2D eigenvalue weighted by atomic mass is 127. The molecule has 0 fully saturated rings. The van der Waals surface area contributed by atoms with Gasteiger partial charge in [0.05, 0.1) is 16.4 Å². The molecule has 0 saturated carbocycles. The maximum Gasteiger partial charge on any atom is 0.145 e. The molecule has 0 amide bonds. The zero-order valence-electron chi connectivity index (χ0n) is 12.5. The van der Waals surface area contributed by atoms with Crippen molar-refractivity contribution in [2.24, 2.45) is 0 Å². The summed E-state index contributed by atoms with van der Waals surface area (Å²) in [6, 6.07) is 16.6. The van der Waals surface area contributed by atoms with Gasteiger partial charge in [-0.25, -0.2) is 0 Å². The second-order valence-corrected chi connectivity index (χ2v) is 6.28. The van der Waals surface area contributed by atoms with Crippen molar-refractivity contribution in [1.82, 2.24) is 4.98 Å².